The van der Waals surface area contributed by atoms with Crippen LogP contribution in [0.3, 0.4) is 0 Å². The van der Waals surface area contributed by atoms with Gasteiger partial charge in [0.05, 0.1) is 0 Å². The lowest BCUT2D eigenvalue weighted by Gasteiger charge is -2.26. The molecule has 1 saturated heterocycles. The van der Waals surface area contributed by atoms with Crippen molar-refractivity contribution in [2.24, 2.45) is 5.92 Å². The summed E-state index contributed by atoms with van der Waals surface area (Å²) in [5, 5.41) is 11.1. The molecule has 10 nitrogen and oxygen atoms in total. The maximum absolute atomic E-state index is 13.3. The number of benzene rings is 2. The molecule has 0 radical (unpaired) electrons. The third-order valence-corrected chi connectivity index (χ3v) is 6.98. The van der Waals surface area contributed by atoms with Gasteiger partial charge in [0.1, 0.15) is 18.1 Å². The molecule has 0 spiro atoms. The minimum atomic E-state index is -0.928. The molecule has 1 aliphatic rings. The van der Waals surface area contributed by atoms with E-state index in [-0.39, 0.29) is 36.5 Å². The van der Waals surface area contributed by atoms with Crippen molar-refractivity contribution >= 4 is 29.5 Å². The summed E-state index contributed by atoms with van der Waals surface area (Å²) >= 11 is 0. The average Bonchev–Trinajstić information content (AvgIpc) is 2.96. The molecule has 3 rings (SSSR count). The summed E-state index contributed by atoms with van der Waals surface area (Å²) in [5.74, 6) is -2.01. The Bertz CT molecular complexity index is 1190. The first-order valence-corrected chi connectivity index (χ1v) is 14.2. The lowest BCUT2D eigenvalue weighted by Crippen LogP contribution is -2.57. The fourth-order valence-electron chi connectivity index (χ4n) is 4.62. The van der Waals surface area contributed by atoms with E-state index in [2.05, 4.69) is 21.3 Å². The van der Waals surface area contributed by atoms with Crippen molar-refractivity contribution in [3.63, 3.8) is 0 Å². The fourth-order valence-corrected chi connectivity index (χ4v) is 4.62. The molecule has 2 aromatic rings. The first-order chi connectivity index (χ1) is 19.7. The maximum atomic E-state index is 13.3. The maximum Gasteiger partial charge on any atom is 0.253 e. The van der Waals surface area contributed by atoms with Crippen LogP contribution >= 0.6 is 0 Å². The molecular formula is C31H41N5O5. The molecule has 1 heterocycles. The van der Waals surface area contributed by atoms with Crippen molar-refractivity contribution < 1.29 is 24.0 Å². The second-order valence-corrected chi connectivity index (χ2v) is 10.7. The van der Waals surface area contributed by atoms with Gasteiger partial charge in [-0.05, 0) is 43.4 Å². The van der Waals surface area contributed by atoms with E-state index >= 15 is 0 Å². The molecule has 1 aliphatic heterocycles. The molecule has 2 aromatic carbocycles. The second-order valence-electron chi connectivity index (χ2n) is 10.7. The number of nitrogens with one attached hydrogen (secondary N) is 4. The Hall–Kier alpha value is -4.21. The average molecular weight is 564 g/mol. The predicted octanol–water partition coefficient (Wildman–Crippen LogP) is 1.80. The summed E-state index contributed by atoms with van der Waals surface area (Å²) in [6, 6.07) is 15.5. The predicted molar refractivity (Wildman–Crippen MR) is 156 cm³/mol. The van der Waals surface area contributed by atoms with Gasteiger partial charge in [0.15, 0.2) is 0 Å². The van der Waals surface area contributed by atoms with Crippen molar-refractivity contribution in [1.82, 2.24) is 26.2 Å². The van der Waals surface area contributed by atoms with E-state index in [0.29, 0.717) is 38.0 Å². The highest BCUT2D eigenvalue weighted by molar-refractivity contribution is 5.95. The molecule has 41 heavy (non-hydrogen) atoms. The van der Waals surface area contributed by atoms with Gasteiger partial charge >= 0.3 is 0 Å². The molecule has 0 unspecified atom stereocenters. The van der Waals surface area contributed by atoms with E-state index in [9.17, 15) is 24.0 Å². The molecule has 4 N–H and O–H groups in total. The molecular weight excluding hydrogens is 522 g/mol. The lowest BCUT2D eigenvalue weighted by molar-refractivity contribution is -0.134. The molecule has 0 aliphatic carbocycles. The third kappa shape index (κ3) is 9.73. The van der Waals surface area contributed by atoms with Gasteiger partial charge in [-0.25, -0.2) is 0 Å². The highest BCUT2D eigenvalue weighted by atomic mass is 16.2. The number of hydrogen-bond donors (Lipinski definition) is 4. The van der Waals surface area contributed by atoms with E-state index < -0.39 is 29.9 Å². The van der Waals surface area contributed by atoms with Gasteiger partial charge in [0.2, 0.25) is 23.6 Å². The summed E-state index contributed by atoms with van der Waals surface area (Å²) in [4.78, 5) is 67.0. The SMILES string of the molecule is CC(C)[C@H]1NC(=O)[C@@H](C)NC(=O)[C@H](Cc2ccccc2)NC(=O)CCCN(C(=O)c2ccccc2)CCCNC1=O. The Morgan fingerprint density at radius 1 is 0.829 bits per heavy atom. The topological polar surface area (TPSA) is 137 Å². The third-order valence-electron chi connectivity index (χ3n) is 6.98. The summed E-state index contributed by atoms with van der Waals surface area (Å²) in [6.07, 6.45) is 1.24. The molecule has 0 aromatic heterocycles. The summed E-state index contributed by atoms with van der Waals surface area (Å²) in [7, 11) is 0. The van der Waals surface area contributed by atoms with E-state index in [1.54, 1.807) is 36.1 Å². The van der Waals surface area contributed by atoms with E-state index in [1.807, 2.05) is 50.2 Å². The van der Waals surface area contributed by atoms with Crippen LogP contribution in [0.25, 0.3) is 0 Å². The Labute approximate surface area is 241 Å². The van der Waals surface area contributed by atoms with Gasteiger partial charge in [0, 0.05) is 38.0 Å². The van der Waals surface area contributed by atoms with Crippen molar-refractivity contribution in [3.05, 3.63) is 71.8 Å². The lowest BCUT2D eigenvalue weighted by atomic mass is 10.0. The highest BCUT2D eigenvalue weighted by Gasteiger charge is 2.29. The van der Waals surface area contributed by atoms with Gasteiger partial charge in [-0.1, -0.05) is 62.4 Å². The molecule has 3 atom stereocenters. The molecule has 0 saturated carbocycles. The molecule has 0 bridgehead atoms. The Kier molecular flexibility index (Phi) is 11.9. The number of carbonyl (C=O) groups is 5. The number of carbonyl (C=O) groups excluding carboxylic acids is 5. The quantitative estimate of drug-likeness (QED) is 0.450. The smallest absolute Gasteiger partial charge is 0.253 e. The zero-order valence-corrected chi connectivity index (χ0v) is 24.0. The Morgan fingerprint density at radius 3 is 2.12 bits per heavy atom. The van der Waals surface area contributed by atoms with Crippen molar-refractivity contribution in [1.29, 1.82) is 0 Å². The second kappa shape index (κ2) is 15.5. The Balaban J connectivity index is 1.81. The van der Waals surface area contributed by atoms with Crippen LogP contribution in [0, 0.1) is 5.92 Å². The monoisotopic (exact) mass is 563 g/mol. The van der Waals surface area contributed by atoms with Gasteiger partial charge < -0.3 is 26.2 Å². The largest absolute Gasteiger partial charge is 0.354 e. The molecule has 5 amide bonds. The molecule has 1 fully saturated rings. The summed E-state index contributed by atoms with van der Waals surface area (Å²) in [5.41, 5.74) is 1.39. The summed E-state index contributed by atoms with van der Waals surface area (Å²) < 4.78 is 0. The van der Waals surface area contributed by atoms with Gasteiger partial charge in [0.25, 0.3) is 5.91 Å². The van der Waals surface area contributed by atoms with Crippen LogP contribution in [0.4, 0.5) is 0 Å². The van der Waals surface area contributed by atoms with Gasteiger partial charge in [-0.2, -0.15) is 0 Å². The van der Waals surface area contributed by atoms with Crippen LogP contribution in [0.5, 0.6) is 0 Å². The highest BCUT2D eigenvalue weighted by Crippen LogP contribution is 2.10. The molecule has 10 heteroatoms. The molecule has 220 valence electrons. The standard InChI is InChI=1S/C31H41N5O5/c1-21(2)27-30(40)32-17-11-19-36(31(41)24-14-8-5-9-15-24)18-10-16-26(37)34-25(20-23-12-6-4-7-13-23)29(39)33-22(3)28(38)35-27/h4-9,12-15,21-22,25,27H,10-11,16-20H2,1-3H3,(H,32,40)(H,33,39)(H,34,37)(H,35,38)/t22-,25+,27-/m1/s1. The van der Waals surface area contributed by atoms with E-state index in [4.69, 9.17) is 0 Å². The number of rotatable bonds is 4. The van der Waals surface area contributed by atoms with Crippen LogP contribution in [0.15, 0.2) is 60.7 Å². The normalized spacial score (nSPS) is 22.0. The van der Waals surface area contributed by atoms with E-state index in [1.165, 1.54) is 0 Å². The Morgan fingerprint density at radius 2 is 1.46 bits per heavy atom. The zero-order valence-electron chi connectivity index (χ0n) is 24.0. The number of amides is 5. The van der Waals surface area contributed by atoms with Crippen LogP contribution in [0.1, 0.15) is 56.0 Å². The van der Waals surface area contributed by atoms with E-state index in [0.717, 1.165) is 5.56 Å². The first-order valence-electron chi connectivity index (χ1n) is 14.2. The van der Waals surface area contributed by atoms with Gasteiger partial charge in [-0.15, -0.1) is 0 Å². The van der Waals surface area contributed by atoms with Crippen LogP contribution in [-0.4, -0.2) is 72.2 Å². The van der Waals surface area contributed by atoms with Crippen LogP contribution in [-0.2, 0) is 25.6 Å². The van der Waals surface area contributed by atoms with Crippen LogP contribution < -0.4 is 21.3 Å². The number of nitrogens with zero attached hydrogens (tertiary/aromatic N) is 1. The fraction of sp³-hybridized carbons (Fsp3) is 0.452. The summed E-state index contributed by atoms with van der Waals surface area (Å²) in [6.45, 7) is 6.22. The van der Waals surface area contributed by atoms with Crippen molar-refractivity contribution in [2.45, 2.75) is 64.6 Å². The van der Waals surface area contributed by atoms with Crippen LogP contribution in [0.2, 0.25) is 0 Å². The minimum Gasteiger partial charge on any atom is -0.354 e. The van der Waals surface area contributed by atoms with Crippen molar-refractivity contribution in [2.75, 3.05) is 19.6 Å². The first kappa shape index (κ1) is 31.3. The van der Waals surface area contributed by atoms with Gasteiger partial charge in [-0.3, -0.25) is 24.0 Å². The zero-order chi connectivity index (χ0) is 29.8. The number of hydrogen-bond acceptors (Lipinski definition) is 5. The minimum absolute atomic E-state index is 0.111. The van der Waals surface area contributed by atoms with Crippen molar-refractivity contribution in [3.8, 4) is 0 Å².